The van der Waals surface area contributed by atoms with Gasteiger partial charge in [0, 0.05) is 8.95 Å². The first-order valence-corrected chi connectivity index (χ1v) is 6.22. The van der Waals surface area contributed by atoms with E-state index in [-0.39, 0.29) is 5.41 Å². The van der Waals surface area contributed by atoms with Crippen molar-refractivity contribution in [3.63, 3.8) is 0 Å². The maximum atomic E-state index is 5.84. The Morgan fingerprint density at radius 3 is 2.00 bits per heavy atom. The second-order valence-corrected chi connectivity index (χ2v) is 5.80. The average molecular weight is 321 g/mol. The number of halogens is 2. The van der Waals surface area contributed by atoms with Gasteiger partial charge in [-0.2, -0.15) is 0 Å². The van der Waals surface area contributed by atoms with E-state index in [4.69, 9.17) is 5.73 Å². The van der Waals surface area contributed by atoms with Crippen molar-refractivity contribution in [1.29, 1.82) is 0 Å². The van der Waals surface area contributed by atoms with Crippen molar-refractivity contribution in [3.8, 4) is 0 Å². The molecular weight excluding hydrogens is 306 g/mol. The van der Waals surface area contributed by atoms with E-state index in [0.29, 0.717) is 0 Å². The fraction of sp³-hybridized carbons (Fsp3) is 0.455. The van der Waals surface area contributed by atoms with Crippen molar-refractivity contribution >= 4 is 37.5 Å². The van der Waals surface area contributed by atoms with Crippen LogP contribution in [0, 0.1) is 0 Å². The molecule has 3 heteroatoms. The van der Waals surface area contributed by atoms with Crippen LogP contribution in [0.2, 0.25) is 0 Å². The van der Waals surface area contributed by atoms with Gasteiger partial charge >= 0.3 is 0 Å². The second-order valence-electron chi connectivity index (χ2n) is 4.09. The number of nitrogens with two attached hydrogens (primary N) is 1. The molecule has 0 saturated carbocycles. The molecule has 0 aliphatic heterocycles. The normalized spacial score (nSPS) is 11.8. The molecular formula is C11H15Br2N. The Hall–Kier alpha value is -0.0200. The maximum absolute atomic E-state index is 5.84. The van der Waals surface area contributed by atoms with Crippen LogP contribution in [0.3, 0.4) is 0 Å². The highest BCUT2D eigenvalue weighted by molar-refractivity contribution is 9.11. The van der Waals surface area contributed by atoms with Crippen molar-refractivity contribution in [1.82, 2.24) is 0 Å². The van der Waals surface area contributed by atoms with Crippen LogP contribution < -0.4 is 5.73 Å². The molecule has 0 amide bonds. The predicted octanol–water partition coefficient (Wildman–Crippen LogP) is 4.48. The van der Waals surface area contributed by atoms with Crippen molar-refractivity contribution in [2.75, 3.05) is 5.73 Å². The lowest BCUT2D eigenvalue weighted by Gasteiger charge is -2.24. The molecule has 0 aromatic heterocycles. The Bertz CT molecular complexity index is 322. The zero-order chi connectivity index (χ0) is 10.9. The molecule has 78 valence electrons. The zero-order valence-electron chi connectivity index (χ0n) is 8.70. The third-order valence-electron chi connectivity index (χ3n) is 2.74. The second kappa shape index (κ2) is 4.23. The molecule has 0 saturated heterocycles. The molecule has 0 unspecified atom stereocenters. The molecule has 0 heterocycles. The van der Waals surface area contributed by atoms with Crippen LogP contribution in [0.4, 0.5) is 5.69 Å². The van der Waals surface area contributed by atoms with Gasteiger partial charge in [-0.1, -0.05) is 20.8 Å². The molecule has 1 aromatic carbocycles. The summed E-state index contributed by atoms with van der Waals surface area (Å²) in [6.45, 7) is 6.66. The number of rotatable bonds is 2. The first kappa shape index (κ1) is 12.1. The Kier molecular flexibility index (Phi) is 3.64. The van der Waals surface area contributed by atoms with E-state index in [1.165, 1.54) is 5.56 Å². The zero-order valence-corrected chi connectivity index (χ0v) is 11.9. The smallest absolute Gasteiger partial charge is 0.0603 e. The molecule has 0 spiro atoms. The molecule has 0 radical (unpaired) electrons. The summed E-state index contributed by atoms with van der Waals surface area (Å²) in [6.07, 6.45) is 1.11. The topological polar surface area (TPSA) is 26.0 Å². The summed E-state index contributed by atoms with van der Waals surface area (Å²) in [4.78, 5) is 0. The van der Waals surface area contributed by atoms with E-state index in [1.807, 2.05) is 0 Å². The van der Waals surface area contributed by atoms with Crippen LogP contribution in [-0.4, -0.2) is 0 Å². The number of anilines is 1. The Morgan fingerprint density at radius 1 is 1.21 bits per heavy atom. The van der Waals surface area contributed by atoms with Crippen LogP contribution in [0.1, 0.15) is 32.8 Å². The monoisotopic (exact) mass is 319 g/mol. The maximum Gasteiger partial charge on any atom is 0.0603 e. The summed E-state index contributed by atoms with van der Waals surface area (Å²) in [6, 6.07) is 4.20. The lowest BCUT2D eigenvalue weighted by atomic mass is 9.82. The molecule has 0 aliphatic rings. The van der Waals surface area contributed by atoms with Gasteiger partial charge in [0.2, 0.25) is 0 Å². The molecule has 14 heavy (non-hydrogen) atoms. The number of benzene rings is 1. The van der Waals surface area contributed by atoms with Crippen LogP contribution in [-0.2, 0) is 5.41 Å². The van der Waals surface area contributed by atoms with Gasteiger partial charge < -0.3 is 5.73 Å². The molecule has 1 aromatic rings. The van der Waals surface area contributed by atoms with Crippen molar-refractivity contribution in [3.05, 3.63) is 26.6 Å². The summed E-state index contributed by atoms with van der Waals surface area (Å²) in [5.74, 6) is 0. The van der Waals surface area contributed by atoms with Gasteiger partial charge in [-0.25, -0.2) is 0 Å². The standard InChI is InChI=1S/C11H15Br2N/c1-4-11(2,3)7-5-8(12)10(14)9(13)6-7/h5-6H,4,14H2,1-3H3. The van der Waals surface area contributed by atoms with E-state index in [0.717, 1.165) is 21.1 Å². The molecule has 2 N–H and O–H groups in total. The highest BCUT2D eigenvalue weighted by Gasteiger charge is 2.19. The van der Waals surface area contributed by atoms with Crippen molar-refractivity contribution < 1.29 is 0 Å². The van der Waals surface area contributed by atoms with E-state index >= 15 is 0 Å². The van der Waals surface area contributed by atoms with E-state index in [1.54, 1.807) is 0 Å². The Morgan fingerprint density at radius 2 is 1.64 bits per heavy atom. The lowest BCUT2D eigenvalue weighted by molar-refractivity contribution is 0.506. The highest BCUT2D eigenvalue weighted by atomic mass is 79.9. The minimum absolute atomic E-state index is 0.193. The van der Waals surface area contributed by atoms with Gasteiger partial charge in [-0.05, 0) is 61.4 Å². The lowest BCUT2D eigenvalue weighted by Crippen LogP contribution is -2.15. The van der Waals surface area contributed by atoms with Crippen molar-refractivity contribution in [2.45, 2.75) is 32.6 Å². The summed E-state index contributed by atoms with van der Waals surface area (Å²) in [7, 11) is 0. The van der Waals surface area contributed by atoms with Crippen LogP contribution in [0.5, 0.6) is 0 Å². The summed E-state index contributed by atoms with van der Waals surface area (Å²) < 4.78 is 1.92. The van der Waals surface area contributed by atoms with E-state index < -0.39 is 0 Å². The predicted molar refractivity (Wildman–Crippen MR) is 69.6 cm³/mol. The van der Waals surface area contributed by atoms with Crippen LogP contribution in [0.25, 0.3) is 0 Å². The third kappa shape index (κ3) is 2.31. The summed E-state index contributed by atoms with van der Waals surface area (Å²) in [5, 5.41) is 0. The van der Waals surface area contributed by atoms with Crippen molar-refractivity contribution in [2.24, 2.45) is 0 Å². The number of nitrogen functional groups attached to an aromatic ring is 1. The third-order valence-corrected chi connectivity index (χ3v) is 4.06. The average Bonchev–Trinajstić information content (AvgIpc) is 2.13. The first-order chi connectivity index (χ1) is 6.38. The number of hydrogen-bond acceptors (Lipinski definition) is 1. The minimum Gasteiger partial charge on any atom is -0.397 e. The van der Waals surface area contributed by atoms with E-state index in [9.17, 15) is 0 Å². The van der Waals surface area contributed by atoms with Crippen LogP contribution in [0.15, 0.2) is 21.1 Å². The van der Waals surface area contributed by atoms with Gasteiger partial charge in [-0.15, -0.1) is 0 Å². The van der Waals surface area contributed by atoms with Gasteiger partial charge in [0.05, 0.1) is 5.69 Å². The van der Waals surface area contributed by atoms with Gasteiger partial charge in [0.15, 0.2) is 0 Å². The van der Waals surface area contributed by atoms with Gasteiger partial charge in [-0.3, -0.25) is 0 Å². The molecule has 0 aliphatic carbocycles. The molecule has 1 nitrogen and oxygen atoms in total. The minimum atomic E-state index is 0.193. The Labute approximate surface area is 102 Å². The molecule has 0 bridgehead atoms. The van der Waals surface area contributed by atoms with Crippen LogP contribution >= 0.6 is 31.9 Å². The summed E-state index contributed by atoms with van der Waals surface area (Å²) >= 11 is 6.93. The number of hydrogen-bond donors (Lipinski definition) is 1. The van der Waals surface area contributed by atoms with E-state index in [2.05, 4.69) is 64.8 Å². The fourth-order valence-corrected chi connectivity index (χ4v) is 2.37. The quantitative estimate of drug-likeness (QED) is 0.799. The molecule has 1 rings (SSSR count). The van der Waals surface area contributed by atoms with Gasteiger partial charge in [0.1, 0.15) is 0 Å². The molecule has 0 atom stereocenters. The van der Waals surface area contributed by atoms with Gasteiger partial charge in [0.25, 0.3) is 0 Å². The SMILES string of the molecule is CCC(C)(C)c1cc(Br)c(N)c(Br)c1. The fourth-order valence-electron chi connectivity index (χ4n) is 1.18. The molecule has 0 fully saturated rings. The summed E-state index contributed by atoms with van der Waals surface area (Å²) in [5.41, 5.74) is 8.10. The highest BCUT2D eigenvalue weighted by Crippen LogP contribution is 2.35. The first-order valence-electron chi connectivity index (χ1n) is 4.63. The largest absolute Gasteiger partial charge is 0.397 e. The Balaban J connectivity index is 3.26.